The van der Waals surface area contributed by atoms with E-state index >= 15 is 0 Å². The number of amides is 1. The average molecular weight is 207 g/mol. The van der Waals surface area contributed by atoms with E-state index in [-0.39, 0.29) is 5.91 Å². The molecule has 0 spiro atoms. The molecule has 0 rings (SSSR count). The van der Waals surface area contributed by atoms with Crippen LogP contribution in [-0.4, -0.2) is 44.2 Å². The number of aliphatic imine (C=N–C) groups is 1. The molecule has 0 aliphatic carbocycles. The molecule has 5 nitrogen and oxygen atoms in total. The fraction of sp³-hybridized carbons (Fsp3) is 0.714. The van der Waals surface area contributed by atoms with Gasteiger partial charge in [0.15, 0.2) is 0 Å². The zero-order valence-corrected chi connectivity index (χ0v) is 9.34. The SMILES string of the molecule is CC(=O)N(C)C.CN=C=[S-](=O)OC. The van der Waals surface area contributed by atoms with Crippen LogP contribution in [0.15, 0.2) is 4.99 Å². The molecule has 13 heavy (non-hydrogen) atoms. The second-order valence-corrected chi connectivity index (χ2v) is 3.12. The largest absolute Gasteiger partial charge is 0.447 e. The van der Waals surface area contributed by atoms with E-state index in [2.05, 4.69) is 14.3 Å². The molecule has 0 bridgehead atoms. The molecule has 1 amide bonds. The third-order valence-corrected chi connectivity index (χ3v) is 1.58. The Morgan fingerprint density at radius 1 is 1.54 bits per heavy atom. The van der Waals surface area contributed by atoms with Crippen LogP contribution < -0.4 is 0 Å². The quantitative estimate of drug-likeness (QED) is 0.349. The number of hydrogen-bond donors (Lipinski definition) is 0. The van der Waals surface area contributed by atoms with E-state index in [0.717, 1.165) is 0 Å². The summed E-state index contributed by atoms with van der Waals surface area (Å²) in [5, 5.41) is 2.17. The van der Waals surface area contributed by atoms with Crippen molar-refractivity contribution in [3.63, 3.8) is 0 Å². The van der Waals surface area contributed by atoms with Crippen LogP contribution >= 0.6 is 0 Å². The Morgan fingerprint density at radius 3 is 2.00 bits per heavy atom. The van der Waals surface area contributed by atoms with Gasteiger partial charge in [0.2, 0.25) is 5.91 Å². The normalized spacial score (nSPS) is 8.15. The molecule has 0 saturated heterocycles. The maximum atomic E-state index is 10.1. The Labute approximate surface area is 80.7 Å². The molecule has 0 radical (unpaired) electrons. The van der Waals surface area contributed by atoms with Gasteiger partial charge < -0.3 is 13.3 Å². The molecule has 0 fully saturated rings. The lowest BCUT2D eigenvalue weighted by Gasteiger charge is -2.02. The zero-order chi connectivity index (χ0) is 10.9. The van der Waals surface area contributed by atoms with Crippen LogP contribution in [0.2, 0.25) is 0 Å². The maximum absolute atomic E-state index is 10.1. The molecule has 0 aromatic heterocycles. The lowest BCUT2D eigenvalue weighted by atomic mass is 10.7. The van der Waals surface area contributed by atoms with Gasteiger partial charge in [-0.1, -0.05) is 10.7 Å². The highest BCUT2D eigenvalue weighted by Crippen LogP contribution is 1.69. The topological polar surface area (TPSA) is 59.0 Å². The van der Waals surface area contributed by atoms with Gasteiger partial charge in [-0.05, 0) is 0 Å². The minimum atomic E-state index is -1.44. The van der Waals surface area contributed by atoms with E-state index < -0.39 is 10.7 Å². The standard InChI is InChI=1S/C4H9NO.C3H6NO2S/c1-4(6)5(2)3;1-4-3-7(5)6-2/h1-3H3;1-2H3/q;-1. The minimum absolute atomic E-state index is 0.0926. The second kappa shape index (κ2) is 9.25. The fourth-order valence-electron chi connectivity index (χ4n) is 0.112. The summed E-state index contributed by atoms with van der Waals surface area (Å²) in [5.41, 5.74) is 0. The minimum Gasteiger partial charge on any atom is -0.447 e. The van der Waals surface area contributed by atoms with Crippen LogP contribution in [0.5, 0.6) is 0 Å². The van der Waals surface area contributed by atoms with Gasteiger partial charge in [0.25, 0.3) is 0 Å². The molecule has 0 unspecified atom stereocenters. The number of isothiocyanates is 1. The molecule has 0 saturated carbocycles. The maximum Gasteiger partial charge on any atom is 0.218 e. The lowest BCUT2D eigenvalue weighted by Crippen LogP contribution is -2.17. The molecule has 0 heterocycles. The fourth-order valence-corrected chi connectivity index (χ4v) is 0.335. The number of rotatable bonds is 1. The predicted molar refractivity (Wildman–Crippen MR) is 52.8 cm³/mol. The Morgan fingerprint density at radius 2 is 1.92 bits per heavy atom. The van der Waals surface area contributed by atoms with E-state index in [0.29, 0.717) is 0 Å². The van der Waals surface area contributed by atoms with Gasteiger partial charge in [0, 0.05) is 35.2 Å². The van der Waals surface area contributed by atoms with Crippen LogP contribution in [0, 0.1) is 0 Å². The first-order valence-electron chi connectivity index (χ1n) is 3.44. The molecule has 0 atom stereocenters. The smallest absolute Gasteiger partial charge is 0.218 e. The van der Waals surface area contributed by atoms with Crippen molar-refractivity contribution in [2.75, 3.05) is 28.3 Å². The second-order valence-electron chi connectivity index (χ2n) is 2.13. The molecule has 6 heteroatoms. The summed E-state index contributed by atoms with van der Waals surface area (Å²) in [6.07, 6.45) is 0. The van der Waals surface area contributed by atoms with Crippen molar-refractivity contribution in [2.45, 2.75) is 6.92 Å². The summed E-state index contributed by atoms with van der Waals surface area (Å²) in [7, 11) is 4.82. The monoisotopic (exact) mass is 207 g/mol. The third-order valence-electron chi connectivity index (χ3n) is 0.947. The Balaban J connectivity index is 0. The first kappa shape index (κ1) is 14.7. The van der Waals surface area contributed by atoms with E-state index in [1.807, 2.05) is 0 Å². The summed E-state index contributed by atoms with van der Waals surface area (Å²) in [6, 6.07) is 0. The van der Waals surface area contributed by atoms with Gasteiger partial charge in [-0.25, -0.2) is 0 Å². The molecule has 0 aromatic rings. The summed E-state index contributed by atoms with van der Waals surface area (Å²) < 4.78 is 14.4. The van der Waals surface area contributed by atoms with Gasteiger partial charge in [-0.15, -0.1) is 5.16 Å². The summed E-state index contributed by atoms with van der Waals surface area (Å²) >= 11 is 0. The zero-order valence-electron chi connectivity index (χ0n) is 8.53. The Hall–Kier alpha value is -0.840. The van der Waals surface area contributed by atoms with E-state index in [4.69, 9.17) is 0 Å². The Bertz CT molecular complexity index is 250. The molecule has 0 aromatic carbocycles. The van der Waals surface area contributed by atoms with Crippen LogP contribution in [0.25, 0.3) is 0 Å². The van der Waals surface area contributed by atoms with Gasteiger partial charge in [0.1, 0.15) is 0 Å². The third kappa shape index (κ3) is 14.1. The molecule has 0 aliphatic rings. The van der Waals surface area contributed by atoms with Gasteiger partial charge in [-0.3, -0.25) is 9.79 Å². The summed E-state index contributed by atoms with van der Waals surface area (Å²) in [4.78, 5) is 14.9. The van der Waals surface area contributed by atoms with Crippen LogP contribution in [0.3, 0.4) is 0 Å². The Kier molecular flexibility index (Phi) is 10.4. The molecular weight excluding hydrogens is 192 g/mol. The highest BCUT2D eigenvalue weighted by atomic mass is 32.2. The number of carbonyl (C=O) groups is 1. The molecular formula is C7H15N2O3S-. The van der Waals surface area contributed by atoms with Crippen LogP contribution in [0.1, 0.15) is 6.92 Å². The highest BCUT2D eigenvalue weighted by molar-refractivity contribution is 7.78. The number of carbonyl (C=O) groups excluding carboxylic acids is 1. The number of hydrogen-bond acceptors (Lipinski definition) is 5. The van der Waals surface area contributed by atoms with Gasteiger partial charge >= 0.3 is 0 Å². The van der Waals surface area contributed by atoms with Crippen LogP contribution in [0.4, 0.5) is 0 Å². The summed E-state index contributed by atoms with van der Waals surface area (Å²) in [6.45, 7) is 1.53. The molecule has 0 N–H and O–H groups in total. The van der Waals surface area contributed by atoms with Crippen molar-refractivity contribution >= 4 is 21.7 Å². The van der Waals surface area contributed by atoms with Crippen molar-refractivity contribution in [2.24, 2.45) is 4.99 Å². The lowest BCUT2D eigenvalue weighted by molar-refractivity contribution is -0.126. The van der Waals surface area contributed by atoms with Crippen molar-refractivity contribution in [1.82, 2.24) is 4.90 Å². The average Bonchev–Trinajstić information content (AvgIpc) is 2.05. The summed E-state index contributed by atoms with van der Waals surface area (Å²) in [5.74, 6) is 0.0926. The molecule has 78 valence electrons. The van der Waals surface area contributed by atoms with Gasteiger partial charge in [-0.2, -0.15) is 0 Å². The first-order valence-corrected chi connectivity index (χ1v) is 4.51. The molecule has 0 aliphatic heterocycles. The van der Waals surface area contributed by atoms with Crippen molar-refractivity contribution in [3.8, 4) is 0 Å². The van der Waals surface area contributed by atoms with Gasteiger partial charge in [0.05, 0.1) is 0 Å². The van der Waals surface area contributed by atoms with E-state index in [9.17, 15) is 9.00 Å². The van der Waals surface area contributed by atoms with Crippen molar-refractivity contribution < 1.29 is 13.2 Å². The van der Waals surface area contributed by atoms with Crippen LogP contribution in [-0.2, 0) is 23.9 Å². The van der Waals surface area contributed by atoms with E-state index in [1.165, 1.54) is 26.0 Å². The predicted octanol–water partition coefficient (Wildman–Crippen LogP) is 0.141. The number of nitrogens with zero attached hydrogens (tertiary/aromatic N) is 2. The first-order chi connectivity index (χ1) is 5.95. The highest BCUT2D eigenvalue weighted by Gasteiger charge is 1.87. The van der Waals surface area contributed by atoms with Crippen molar-refractivity contribution in [3.05, 3.63) is 0 Å². The van der Waals surface area contributed by atoms with E-state index in [1.54, 1.807) is 14.1 Å². The van der Waals surface area contributed by atoms with Crippen molar-refractivity contribution in [1.29, 1.82) is 0 Å².